The van der Waals surface area contributed by atoms with Crippen molar-refractivity contribution in [1.82, 2.24) is 10.2 Å². The van der Waals surface area contributed by atoms with Gasteiger partial charge in [0.05, 0.1) is 11.5 Å². The molecule has 9 nitrogen and oxygen atoms in total. The van der Waals surface area contributed by atoms with Gasteiger partial charge in [-0.25, -0.2) is 0 Å². The number of nitrogens with zero attached hydrogens (tertiary/aromatic N) is 2. The Kier molecular flexibility index (Phi) is 8.34. The Morgan fingerprint density at radius 3 is 2.44 bits per heavy atom. The maximum Gasteiger partial charge on any atom is 0.273 e. The van der Waals surface area contributed by atoms with Crippen LogP contribution in [-0.2, 0) is 9.59 Å². The summed E-state index contributed by atoms with van der Waals surface area (Å²) in [5.74, 6) is -1.25. The van der Waals surface area contributed by atoms with Gasteiger partial charge in [-0.05, 0) is 50.5 Å². The van der Waals surface area contributed by atoms with Gasteiger partial charge in [-0.15, -0.1) is 0 Å². The molecule has 0 unspecified atom stereocenters. The molecule has 1 fully saturated rings. The molecular weight excluding hydrogens is 436 g/mol. The van der Waals surface area contributed by atoms with E-state index in [-0.39, 0.29) is 36.3 Å². The zero-order valence-corrected chi connectivity index (χ0v) is 19.5. The molecule has 3 rings (SSSR count). The topological polar surface area (TPSA) is 122 Å². The van der Waals surface area contributed by atoms with E-state index in [0.717, 1.165) is 37.7 Å². The number of nitrogens with one attached hydrogen (secondary N) is 2. The summed E-state index contributed by atoms with van der Waals surface area (Å²) in [5.41, 5.74) is 2.14. The molecule has 2 N–H and O–H groups in total. The number of benzene rings is 2. The predicted molar refractivity (Wildman–Crippen MR) is 129 cm³/mol. The highest BCUT2D eigenvalue weighted by Gasteiger charge is 2.29. The van der Waals surface area contributed by atoms with Crippen molar-refractivity contribution in [3.05, 3.63) is 69.3 Å². The summed E-state index contributed by atoms with van der Waals surface area (Å²) in [7, 11) is 0. The second kappa shape index (κ2) is 11.4. The van der Waals surface area contributed by atoms with E-state index in [1.807, 2.05) is 25.1 Å². The highest BCUT2D eigenvalue weighted by molar-refractivity contribution is 5.98. The third-order valence-electron chi connectivity index (χ3n) is 5.99. The van der Waals surface area contributed by atoms with Crippen LogP contribution in [0.1, 0.15) is 53.6 Å². The molecule has 0 bridgehead atoms. The molecule has 34 heavy (non-hydrogen) atoms. The van der Waals surface area contributed by atoms with Crippen molar-refractivity contribution in [1.29, 1.82) is 0 Å². The molecule has 180 valence electrons. The van der Waals surface area contributed by atoms with Crippen LogP contribution in [0.3, 0.4) is 0 Å². The van der Waals surface area contributed by atoms with E-state index in [1.54, 1.807) is 25.1 Å². The van der Waals surface area contributed by atoms with Gasteiger partial charge >= 0.3 is 0 Å². The molecule has 0 aliphatic heterocycles. The number of nitro groups is 1. The number of carbonyl (C=O) groups excluding carboxylic acids is 3. The third-order valence-corrected chi connectivity index (χ3v) is 5.99. The van der Waals surface area contributed by atoms with E-state index >= 15 is 0 Å². The summed E-state index contributed by atoms with van der Waals surface area (Å²) in [4.78, 5) is 50.5. The van der Waals surface area contributed by atoms with Crippen molar-refractivity contribution in [2.45, 2.75) is 52.0 Å². The van der Waals surface area contributed by atoms with E-state index in [1.165, 1.54) is 11.0 Å². The average molecular weight is 467 g/mol. The largest absolute Gasteiger partial charge is 0.345 e. The molecule has 0 radical (unpaired) electrons. The maximum atomic E-state index is 13.3. The second-order valence-corrected chi connectivity index (χ2v) is 8.68. The number of amides is 3. The molecule has 0 spiro atoms. The Hall–Kier alpha value is -3.75. The highest BCUT2D eigenvalue weighted by atomic mass is 16.6. The Bertz CT molecular complexity index is 1080. The molecule has 2 aromatic rings. The van der Waals surface area contributed by atoms with Crippen molar-refractivity contribution < 1.29 is 19.3 Å². The van der Waals surface area contributed by atoms with E-state index in [2.05, 4.69) is 10.6 Å². The van der Waals surface area contributed by atoms with Gasteiger partial charge in [0.25, 0.3) is 11.6 Å². The lowest BCUT2D eigenvalue weighted by atomic mass is 9.93. The van der Waals surface area contributed by atoms with Gasteiger partial charge in [0, 0.05) is 28.9 Å². The number of hydrogen-bond donors (Lipinski definition) is 2. The van der Waals surface area contributed by atoms with E-state index in [0.29, 0.717) is 11.3 Å². The van der Waals surface area contributed by atoms with E-state index < -0.39 is 16.7 Å². The minimum absolute atomic E-state index is 0.131. The molecular formula is C25H30N4O5. The molecule has 3 amide bonds. The Balaban J connectivity index is 1.68. The first-order valence-electron chi connectivity index (χ1n) is 11.4. The van der Waals surface area contributed by atoms with Crippen LogP contribution in [0.4, 0.5) is 11.4 Å². The molecule has 1 saturated carbocycles. The zero-order chi connectivity index (χ0) is 24.7. The van der Waals surface area contributed by atoms with Gasteiger partial charge in [-0.2, -0.15) is 0 Å². The lowest BCUT2D eigenvalue weighted by molar-refractivity contribution is -0.385. The maximum absolute atomic E-state index is 13.3. The summed E-state index contributed by atoms with van der Waals surface area (Å²) in [6.45, 7) is 3.08. The first kappa shape index (κ1) is 24.9. The van der Waals surface area contributed by atoms with Crippen molar-refractivity contribution >= 4 is 29.1 Å². The summed E-state index contributed by atoms with van der Waals surface area (Å²) in [6.07, 6.45) is 4.49. The fourth-order valence-corrected chi connectivity index (χ4v) is 4.18. The van der Waals surface area contributed by atoms with Crippen molar-refractivity contribution in [2.75, 3.05) is 18.4 Å². The van der Waals surface area contributed by atoms with Crippen LogP contribution in [0, 0.1) is 24.0 Å². The number of rotatable bonds is 8. The van der Waals surface area contributed by atoms with Gasteiger partial charge in [-0.3, -0.25) is 24.5 Å². The lowest BCUT2D eigenvalue weighted by Gasteiger charge is -2.34. The summed E-state index contributed by atoms with van der Waals surface area (Å²) >= 11 is 0. The Labute approximate surface area is 198 Å². The van der Waals surface area contributed by atoms with Crippen LogP contribution in [0.5, 0.6) is 0 Å². The fourth-order valence-electron chi connectivity index (χ4n) is 4.18. The summed E-state index contributed by atoms with van der Waals surface area (Å²) < 4.78 is 0. The average Bonchev–Trinajstić information content (AvgIpc) is 2.81. The van der Waals surface area contributed by atoms with Gasteiger partial charge in [0.1, 0.15) is 6.54 Å². The number of aryl methyl sites for hydroxylation is 2. The van der Waals surface area contributed by atoms with Crippen molar-refractivity contribution in [3.8, 4) is 0 Å². The molecule has 0 heterocycles. The van der Waals surface area contributed by atoms with Crippen LogP contribution in [0.15, 0.2) is 42.5 Å². The molecule has 1 aliphatic carbocycles. The Morgan fingerprint density at radius 2 is 1.76 bits per heavy atom. The predicted octanol–water partition coefficient (Wildman–Crippen LogP) is 3.74. The zero-order valence-electron chi connectivity index (χ0n) is 19.5. The quantitative estimate of drug-likeness (QED) is 0.453. The van der Waals surface area contributed by atoms with Crippen molar-refractivity contribution in [2.24, 2.45) is 0 Å². The first-order valence-corrected chi connectivity index (χ1v) is 11.4. The lowest BCUT2D eigenvalue weighted by Crippen LogP contribution is -2.48. The minimum atomic E-state index is -0.517. The van der Waals surface area contributed by atoms with Crippen LogP contribution in [0.25, 0.3) is 0 Å². The molecule has 0 aromatic heterocycles. The van der Waals surface area contributed by atoms with Crippen LogP contribution < -0.4 is 10.6 Å². The first-order chi connectivity index (χ1) is 16.2. The molecule has 9 heteroatoms. The smallest absolute Gasteiger partial charge is 0.273 e. The van der Waals surface area contributed by atoms with Gasteiger partial charge in [-0.1, -0.05) is 37.5 Å². The molecule has 2 aromatic carbocycles. The van der Waals surface area contributed by atoms with Crippen LogP contribution in [0.2, 0.25) is 0 Å². The summed E-state index contributed by atoms with van der Waals surface area (Å²) in [6, 6.07) is 11.5. The minimum Gasteiger partial charge on any atom is -0.345 e. The summed E-state index contributed by atoms with van der Waals surface area (Å²) in [5, 5.41) is 16.6. The van der Waals surface area contributed by atoms with E-state index in [9.17, 15) is 24.5 Å². The molecule has 1 aliphatic rings. The van der Waals surface area contributed by atoms with Crippen LogP contribution >= 0.6 is 0 Å². The van der Waals surface area contributed by atoms with Crippen molar-refractivity contribution in [3.63, 3.8) is 0 Å². The normalized spacial score (nSPS) is 13.7. The van der Waals surface area contributed by atoms with Gasteiger partial charge in [0.2, 0.25) is 11.8 Å². The third kappa shape index (κ3) is 6.63. The number of hydrogen-bond acceptors (Lipinski definition) is 5. The monoisotopic (exact) mass is 466 g/mol. The molecule has 0 saturated heterocycles. The van der Waals surface area contributed by atoms with Crippen LogP contribution in [-0.4, -0.2) is 46.7 Å². The molecule has 0 atom stereocenters. The number of anilines is 1. The van der Waals surface area contributed by atoms with Gasteiger partial charge in [0.15, 0.2) is 0 Å². The van der Waals surface area contributed by atoms with Gasteiger partial charge < -0.3 is 15.5 Å². The second-order valence-electron chi connectivity index (χ2n) is 8.68. The number of carbonyl (C=O) groups is 3. The fraction of sp³-hybridized carbons (Fsp3) is 0.400. The number of nitro benzene ring substituents is 1. The SMILES string of the molecule is Cc1cccc(NC(=O)CNC(=O)CN(C(=O)c2ccc(C)c([N+](=O)[O-])c2)C2CCCCC2)c1. The standard InChI is InChI=1S/C25H30N4O5/c1-17-7-6-8-20(13-17)27-23(30)15-26-24(31)16-28(21-9-4-3-5-10-21)25(32)19-12-11-18(2)22(14-19)29(33)34/h6-8,11-14,21H,3-5,9-10,15-16H2,1-2H3,(H,26,31)(H,27,30). The Morgan fingerprint density at radius 1 is 1.03 bits per heavy atom. The highest BCUT2D eigenvalue weighted by Crippen LogP contribution is 2.26. The van der Waals surface area contributed by atoms with E-state index in [4.69, 9.17) is 0 Å².